The number of aromatic nitrogens is 2. The Kier molecular flexibility index (Phi) is 4.33. The maximum Gasteiger partial charge on any atom is 0.488 e. The first kappa shape index (κ1) is 16.6. The fourth-order valence-electron chi connectivity index (χ4n) is 3.30. The molecule has 4 rings (SSSR count). The summed E-state index contributed by atoms with van der Waals surface area (Å²) in [5, 5.41) is 18.9. The molecular weight excluding hydrogens is 323 g/mol. The van der Waals surface area contributed by atoms with Crippen LogP contribution in [0.4, 0.5) is 0 Å². The molecule has 26 heavy (non-hydrogen) atoms. The van der Waals surface area contributed by atoms with Crippen LogP contribution in [0.5, 0.6) is 0 Å². The van der Waals surface area contributed by atoms with Crippen molar-refractivity contribution in [1.82, 2.24) is 9.55 Å². The number of para-hydroxylation sites is 2. The Morgan fingerprint density at radius 3 is 2.38 bits per heavy atom. The normalized spacial score (nSPS) is 11.0. The van der Waals surface area contributed by atoms with Crippen LogP contribution >= 0.6 is 0 Å². The van der Waals surface area contributed by atoms with Crippen LogP contribution in [0.25, 0.3) is 27.8 Å². The molecule has 0 bridgehead atoms. The van der Waals surface area contributed by atoms with Crippen molar-refractivity contribution in [2.45, 2.75) is 13.3 Å². The average molecular weight is 342 g/mol. The maximum absolute atomic E-state index is 9.43. The van der Waals surface area contributed by atoms with Crippen LogP contribution in [0.2, 0.25) is 0 Å². The van der Waals surface area contributed by atoms with Gasteiger partial charge in [0.2, 0.25) is 0 Å². The van der Waals surface area contributed by atoms with Gasteiger partial charge in [-0.25, -0.2) is 4.98 Å². The zero-order valence-electron chi connectivity index (χ0n) is 14.5. The molecule has 128 valence electrons. The zero-order chi connectivity index (χ0) is 18.1. The standard InChI is InChI=1S/C21H19BN2O2/c1-2-21-23-19-11-3-4-12-20(19)24(21)18-10-6-8-16(14-18)15-7-5-9-17(13-15)22(25)26/h3-14,25-26H,2H2,1H3. The van der Waals surface area contributed by atoms with E-state index < -0.39 is 7.12 Å². The second-order valence-corrected chi connectivity index (χ2v) is 6.26. The summed E-state index contributed by atoms with van der Waals surface area (Å²) in [4.78, 5) is 4.74. The summed E-state index contributed by atoms with van der Waals surface area (Å²) in [6, 6.07) is 23.7. The third-order valence-corrected chi connectivity index (χ3v) is 4.57. The van der Waals surface area contributed by atoms with Crippen molar-refractivity contribution < 1.29 is 10.0 Å². The van der Waals surface area contributed by atoms with E-state index in [4.69, 9.17) is 4.98 Å². The maximum atomic E-state index is 9.43. The molecule has 0 spiro atoms. The highest BCUT2D eigenvalue weighted by molar-refractivity contribution is 6.58. The van der Waals surface area contributed by atoms with Crippen LogP contribution < -0.4 is 5.46 Å². The minimum absolute atomic E-state index is 0.482. The van der Waals surface area contributed by atoms with Gasteiger partial charge in [0.1, 0.15) is 5.82 Å². The lowest BCUT2D eigenvalue weighted by Crippen LogP contribution is -2.29. The number of hydrogen-bond donors (Lipinski definition) is 2. The van der Waals surface area contributed by atoms with E-state index in [9.17, 15) is 10.0 Å². The fourth-order valence-corrected chi connectivity index (χ4v) is 3.30. The number of rotatable bonds is 4. The molecule has 1 heterocycles. The van der Waals surface area contributed by atoms with Gasteiger partial charge in [0.25, 0.3) is 0 Å². The molecule has 0 atom stereocenters. The van der Waals surface area contributed by atoms with Gasteiger partial charge in [-0.3, -0.25) is 4.57 Å². The Morgan fingerprint density at radius 2 is 1.62 bits per heavy atom. The van der Waals surface area contributed by atoms with E-state index in [1.807, 2.05) is 42.5 Å². The smallest absolute Gasteiger partial charge is 0.423 e. The van der Waals surface area contributed by atoms with E-state index in [2.05, 4.69) is 29.7 Å². The Bertz CT molecular complexity index is 1070. The van der Waals surface area contributed by atoms with Crippen molar-refractivity contribution in [2.24, 2.45) is 0 Å². The summed E-state index contributed by atoms with van der Waals surface area (Å²) in [5.41, 5.74) is 5.56. The Labute approximate surface area is 152 Å². The average Bonchev–Trinajstić information content (AvgIpc) is 3.07. The highest BCUT2D eigenvalue weighted by Crippen LogP contribution is 2.26. The summed E-state index contributed by atoms with van der Waals surface area (Å²) in [6.07, 6.45) is 0.838. The van der Waals surface area contributed by atoms with Gasteiger partial charge in [-0.05, 0) is 40.9 Å². The molecule has 5 heteroatoms. The van der Waals surface area contributed by atoms with Crippen molar-refractivity contribution in [1.29, 1.82) is 0 Å². The van der Waals surface area contributed by atoms with Crippen molar-refractivity contribution >= 4 is 23.6 Å². The molecule has 0 aliphatic heterocycles. The minimum Gasteiger partial charge on any atom is -0.423 e. The summed E-state index contributed by atoms with van der Waals surface area (Å²) >= 11 is 0. The summed E-state index contributed by atoms with van der Waals surface area (Å²) in [7, 11) is -1.47. The number of aryl methyl sites for hydroxylation is 1. The number of imidazole rings is 1. The largest absolute Gasteiger partial charge is 0.488 e. The molecule has 0 saturated carbocycles. The molecule has 1 aromatic heterocycles. The quantitative estimate of drug-likeness (QED) is 0.561. The lowest BCUT2D eigenvalue weighted by atomic mass is 9.79. The minimum atomic E-state index is -1.47. The zero-order valence-corrected chi connectivity index (χ0v) is 14.5. The molecule has 3 aromatic carbocycles. The predicted molar refractivity (Wildman–Crippen MR) is 106 cm³/mol. The van der Waals surface area contributed by atoms with Crippen molar-refractivity contribution in [3.8, 4) is 16.8 Å². The van der Waals surface area contributed by atoms with Crippen LogP contribution in [-0.2, 0) is 6.42 Å². The molecule has 0 radical (unpaired) electrons. The van der Waals surface area contributed by atoms with Gasteiger partial charge in [-0.1, -0.05) is 55.5 Å². The monoisotopic (exact) mass is 342 g/mol. The molecule has 0 aliphatic rings. The summed E-state index contributed by atoms with van der Waals surface area (Å²) < 4.78 is 2.18. The second-order valence-electron chi connectivity index (χ2n) is 6.26. The van der Waals surface area contributed by atoms with Gasteiger partial charge in [0, 0.05) is 12.1 Å². The van der Waals surface area contributed by atoms with E-state index in [0.29, 0.717) is 5.46 Å². The van der Waals surface area contributed by atoms with Gasteiger partial charge in [0.15, 0.2) is 0 Å². The number of fused-ring (bicyclic) bond motifs is 1. The third-order valence-electron chi connectivity index (χ3n) is 4.57. The Balaban J connectivity index is 1.86. The molecule has 0 aliphatic carbocycles. The van der Waals surface area contributed by atoms with Crippen molar-refractivity contribution in [3.05, 3.63) is 78.6 Å². The Morgan fingerprint density at radius 1 is 0.885 bits per heavy atom. The highest BCUT2D eigenvalue weighted by atomic mass is 16.4. The van der Waals surface area contributed by atoms with Crippen LogP contribution in [0.3, 0.4) is 0 Å². The summed E-state index contributed by atoms with van der Waals surface area (Å²) in [5.74, 6) is 1.02. The van der Waals surface area contributed by atoms with E-state index in [1.165, 1.54) is 0 Å². The van der Waals surface area contributed by atoms with Crippen LogP contribution in [0, 0.1) is 0 Å². The lowest BCUT2D eigenvalue weighted by molar-refractivity contribution is 0.426. The number of nitrogens with zero attached hydrogens (tertiary/aromatic N) is 2. The first-order valence-corrected chi connectivity index (χ1v) is 8.70. The number of hydrogen-bond acceptors (Lipinski definition) is 3. The van der Waals surface area contributed by atoms with Crippen molar-refractivity contribution in [3.63, 3.8) is 0 Å². The summed E-state index contributed by atoms with van der Waals surface area (Å²) in [6.45, 7) is 2.10. The molecule has 2 N–H and O–H groups in total. The molecule has 0 unspecified atom stereocenters. The second kappa shape index (κ2) is 6.79. The van der Waals surface area contributed by atoms with E-state index >= 15 is 0 Å². The van der Waals surface area contributed by atoms with Gasteiger partial charge < -0.3 is 10.0 Å². The van der Waals surface area contributed by atoms with Crippen LogP contribution in [-0.4, -0.2) is 26.7 Å². The fraction of sp³-hybridized carbons (Fsp3) is 0.0952. The van der Waals surface area contributed by atoms with E-state index in [-0.39, 0.29) is 0 Å². The topological polar surface area (TPSA) is 58.3 Å². The Hall–Kier alpha value is -2.89. The van der Waals surface area contributed by atoms with E-state index in [1.54, 1.807) is 12.1 Å². The molecule has 4 aromatic rings. The van der Waals surface area contributed by atoms with Gasteiger partial charge >= 0.3 is 7.12 Å². The van der Waals surface area contributed by atoms with Gasteiger partial charge in [0.05, 0.1) is 11.0 Å². The first-order valence-electron chi connectivity index (χ1n) is 8.70. The first-order chi connectivity index (χ1) is 12.7. The van der Waals surface area contributed by atoms with Crippen LogP contribution in [0.15, 0.2) is 72.8 Å². The van der Waals surface area contributed by atoms with E-state index in [0.717, 1.165) is 40.1 Å². The van der Waals surface area contributed by atoms with Gasteiger partial charge in [-0.15, -0.1) is 0 Å². The lowest BCUT2D eigenvalue weighted by Gasteiger charge is -2.11. The third kappa shape index (κ3) is 2.92. The predicted octanol–water partition coefficient (Wildman–Crippen LogP) is 2.93. The molecule has 0 saturated heterocycles. The molecule has 4 nitrogen and oxygen atoms in total. The van der Waals surface area contributed by atoms with Crippen molar-refractivity contribution in [2.75, 3.05) is 0 Å². The van der Waals surface area contributed by atoms with Crippen LogP contribution in [0.1, 0.15) is 12.7 Å². The SMILES string of the molecule is CCc1nc2ccccc2n1-c1cccc(-c2cccc(B(O)O)c2)c1. The highest BCUT2D eigenvalue weighted by Gasteiger charge is 2.13. The molecular formula is C21H19BN2O2. The number of benzene rings is 3. The molecule has 0 amide bonds. The van der Waals surface area contributed by atoms with Gasteiger partial charge in [-0.2, -0.15) is 0 Å². The molecule has 0 fully saturated rings.